The lowest BCUT2D eigenvalue weighted by Gasteiger charge is -2.12. The summed E-state index contributed by atoms with van der Waals surface area (Å²) in [5.41, 5.74) is 3.18. The summed E-state index contributed by atoms with van der Waals surface area (Å²) in [6, 6.07) is 9.40. The first-order valence-corrected chi connectivity index (χ1v) is 9.61. The van der Waals surface area contributed by atoms with Crippen LogP contribution in [0.4, 0.5) is 11.6 Å². The predicted octanol–water partition coefficient (Wildman–Crippen LogP) is 3.42. The Bertz CT molecular complexity index is 1470. The molecule has 0 atom stereocenters. The quantitative estimate of drug-likeness (QED) is 0.447. The maximum atomic E-state index is 9.75. The number of nitrogens with zero attached hydrogens (tertiary/aromatic N) is 8. The summed E-state index contributed by atoms with van der Waals surface area (Å²) in [5.74, 6) is 0.844. The predicted molar refractivity (Wildman–Crippen MR) is 116 cm³/mol. The highest BCUT2D eigenvalue weighted by Crippen LogP contribution is 2.35. The van der Waals surface area contributed by atoms with E-state index < -0.39 is 0 Å². The number of nitriles is 1. The molecule has 2 N–H and O–H groups in total. The standard InChI is InChI=1S/C20H15ClN10/c1-30-5-3-14(28-30)19-18(11-7-12-10-23-27-17(12)13(21)8-11)24-15(9-22)20(26-19)25-16-4-6-31(2)29-16/h3-8,10H,1-2H3,(H,23,27)(H,25,26,29). The Labute approximate surface area is 181 Å². The van der Waals surface area contributed by atoms with Crippen LogP contribution in [0.15, 0.2) is 42.9 Å². The Kier molecular flexibility index (Phi) is 4.38. The minimum Gasteiger partial charge on any atom is -0.321 e. The topological polar surface area (TPSA) is 126 Å². The van der Waals surface area contributed by atoms with E-state index in [-0.39, 0.29) is 5.69 Å². The number of hydrogen-bond acceptors (Lipinski definition) is 7. The van der Waals surface area contributed by atoms with Crippen molar-refractivity contribution in [2.45, 2.75) is 0 Å². The van der Waals surface area contributed by atoms with Gasteiger partial charge in [-0.1, -0.05) is 11.6 Å². The first-order chi connectivity index (χ1) is 15.0. The number of hydrogen-bond donors (Lipinski definition) is 2. The fraction of sp³-hybridized carbons (Fsp3) is 0.100. The molecule has 0 radical (unpaired) electrons. The molecule has 4 heterocycles. The van der Waals surface area contributed by atoms with Gasteiger partial charge < -0.3 is 5.32 Å². The molecule has 152 valence electrons. The first kappa shape index (κ1) is 18.8. The van der Waals surface area contributed by atoms with E-state index in [1.165, 1.54) is 0 Å². The van der Waals surface area contributed by atoms with Gasteiger partial charge in [-0.15, -0.1) is 0 Å². The van der Waals surface area contributed by atoms with Gasteiger partial charge in [0.25, 0.3) is 0 Å². The maximum absolute atomic E-state index is 9.75. The van der Waals surface area contributed by atoms with E-state index in [1.807, 2.05) is 25.4 Å². The molecule has 0 fully saturated rings. The summed E-state index contributed by atoms with van der Waals surface area (Å²) in [6.45, 7) is 0. The molecule has 5 rings (SSSR count). The third kappa shape index (κ3) is 3.37. The number of anilines is 2. The SMILES string of the molecule is Cn1ccc(Nc2nc(-c3ccn(C)n3)c(-c3cc(Cl)c4[nH]ncc4c3)nc2C#N)n1. The lowest BCUT2D eigenvalue weighted by molar-refractivity contribution is 0.769. The number of fused-ring (bicyclic) bond motifs is 1. The molecule has 0 saturated carbocycles. The van der Waals surface area contributed by atoms with Gasteiger partial charge in [-0.2, -0.15) is 20.6 Å². The number of halogens is 1. The van der Waals surface area contributed by atoms with E-state index in [2.05, 4.69) is 36.8 Å². The van der Waals surface area contributed by atoms with Crippen LogP contribution in [0.5, 0.6) is 0 Å². The zero-order chi connectivity index (χ0) is 21.5. The molecule has 1 aromatic carbocycles. The van der Waals surface area contributed by atoms with Crippen molar-refractivity contribution in [1.82, 2.24) is 39.7 Å². The van der Waals surface area contributed by atoms with Gasteiger partial charge in [0.2, 0.25) is 0 Å². The van der Waals surface area contributed by atoms with Crippen molar-refractivity contribution < 1.29 is 0 Å². The van der Waals surface area contributed by atoms with Gasteiger partial charge >= 0.3 is 0 Å². The molecule has 0 aliphatic heterocycles. The van der Waals surface area contributed by atoms with Crippen LogP contribution < -0.4 is 5.32 Å². The van der Waals surface area contributed by atoms with Crippen LogP contribution in [-0.4, -0.2) is 39.7 Å². The molecular formula is C20H15ClN10. The van der Waals surface area contributed by atoms with Gasteiger partial charge in [0.05, 0.1) is 16.7 Å². The Morgan fingerprint density at radius 1 is 1.06 bits per heavy atom. The molecule has 0 bridgehead atoms. The number of aromatic nitrogens is 8. The van der Waals surface area contributed by atoms with Crippen LogP contribution in [0.3, 0.4) is 0 Å². The number of H-pyrrole nitrogens is 1. The summed E-state index contributed by atoms with van der Waals surface area (Å²) >= 11 is 6.44. The van der Waals surface area contributed by atoms with Gasteiger partial charge in [-0.3, -0.25) is 14.5 Å². The van der Waals surface area contributed by atoms with Crippen LogP contribution in [-0.2, 0) is 14.1 Å². The fourth-order valence-electron chi connectivity index (χ4n) is 3.28. The molecule has 31 heavy (non-hydrogen) atoms. The van der Waals surface area contributed by atoms with E-state index in [1.54, 1.807) is 40.9 Å². The lowest BCUT2D eigenvalue weighted by Crippen LogP contribution is -2.05. The lowest BCUT2D eigenvalue weighted by atomic mass is 10.1. The van der Waals surface area contributed by atoms with E-state index in [4.69, 9.17) is 16.6 Å². The average molecular weight is 431 g/mol. The van der Waals surface area contributed by atoms with E-state index in [0.717, 1.165) is 10.9 Å². The van der Waals surface area contributed by atoms with Gasteiger partial charge in [0, 0.05) is 43.5 Å². The van der Waals surface area contributed by atoms with Crippen LogP contribution in [0.1, 0.15) is 5.69 Å². The minimum atomic E-state index is 0.128. The first-order valence-electron chi connectivity index (χ1n) is 9.23. The van der Waals surface area contributed by atoms with Crippen LogP contribution in [0.2, 0.25) is 5.02 Å². The van der Waals surface area contributed by atoms with Gasteiger partial charge in [-0.25, -0.2) is 9.97 Å². The molecule has 0 amide bonds. The summed E-state index contributed by atoms with van der Waals surface area (Å²) in [4.78, 5) is 9.34. The molecule has 5 aromatic rings. The molecule has 0 aliphatic rings. The van der Waals surface area contributed by atoms with Crippen LogP contribution in [0.25, 0.3) is 33.5 Å². The van der Waals surface area contributed by atoms with Gasteiger partial charge in [-0.05, 0) is 18.2 Å². The fourth-order valence-corrected chi connectivity index (χ4v) is 3.54. The molecule has 4 aromatic heterocycles. The molecular weight excluding hydrogens is 416 g/mol. The number of aryl methyl sites for hydroxylation is 2. The van der Waals surface area contributed by atoms with Crippen molar-refractivity contribution in [3.63, 3.8) is 0 Å². The second-order valence-electron chi connectivity index (χ2n) is 6.90. The molecule has 0 aliphatic carbocycles. The zero-order valence-electron chi connectivity index (χ0n) is 16.5. The Morgan fingerprint density at radius 3 is 2.58 bits per heavy atom. The number of nitrogens with one attached hydrogen (secondary N) is 2. The Balaban J connectivity index is 1.73. The highest BCUT2D eigenvalue weighted by atomic mass is 35.5. The van der Waals surface area contributed by atoms with Crippen molar-refractivity contribution in [2.75, 3.05) is 5.32 Å². The monoisotopic (exact) mass is 430 g/mol. The Morgan fingerprint density at radius 2 is 1.87 bits per heavy atom. The van der Waals surface area contributed by atoms with E-state index in [0.29, 0.717) is 39.3 Å². The normalized spacial score (nSPS) is 11.0. The average Bonchev–Trinajstić information content (AvgIpc) is 3.49. The molecule has 0 spiro atoms. The molecule has 0 saturated heterocycles. The van der Waals surface area contributed by atoms with Crippen molar-refractivity contribution in [1.29, 1.82) is 5.26 Å². The van der Waals surface area contributed by atoms with Crippen molar-refractivity contribution in [3.05, 3.63) is 53.6 Å². The molecule has 10 nitrogen and oxygen atoms in total. The van der Waals surface area contributed by atoms with E-state index >= 15 is 0 Å². The third-order valence-electron chi connectivity index (χ3n) is 4.69. The van der Waals surface area contributed by atoms with E-state index in [9.17, 15) is 5.26 Å². The van der Waals surface area contributed by atoms with Crippen molar-refractivity contribution in [3.8, 4) is 28.7 Å². The molecule has 0 unspecified atom stereocenters. The summed E-state index contributed by atoms with van der Waals surface area (Å²) in [5, 5.41) is 29.8. The number of benzene rings is 1. The zero-order valence-corrected chi connectivity index (χ0v) is 17.3. The highest BCUT2D eigenvalue weighted by Gasteiger charge is 2.20. The second kappa shape index (κ2) is 7.23. The largest absolute Gasteiger partial charge is 0.321 e. The maximum Gasteiger partial charge on any atom is 0.184 e. The summed E-state index contributed by atoms with van der Waals surface area (Å²) in [6.07, 6.45) is 5.29. The van der Waals surface area contributed by atoms with Crippen molar-refractivity contribution >= 4 is 34.1 Å². The van der Waals surface area contributed by atoms with Crippen molar-refractivity contribution in [2.24, 2.45) is 14.1 Å². The number of rotatable bonds is 4. The second-order valence-corrected chi connectivity index (χ2v) is 7.30. The summed E-state index contributed by atoms with van der Waals surface area (Å²) in [7, 11) is 3.63. The summed E-state index contributed by atoms with van der Waals surface area (Å²) < 4.78 is 3.33. The van der Waals surface area contributed by atoms with Gasteiger partial charge in [0.1, 0.15) is 23.2 Å². The number of aromatic amines is 1. The van der Waals surface area contributed by atoms with Gasteiger partial charge in [0.15, 0.2) is 17.3 Å². The Hall–Kier alpha value is -4.23. The smallest absolute Gasteiger partial charge is 0.184 e. The minimum absolute atomic E-state index is 0.128. The third-order valence-corrected chi connectivity index (χ3v) is 4.99. The van der Waals surface area contributed by atoms with Crippen LogP contribution in [0, 0.1) is 11.3 Å². The van der Waals surface area contributed by atoms with Crippen LogP contribution >= 0.6 is 11.6 Å². The molecule has 11 heteroatoms. The highest BCUT2D eigenvalue weighted by molar-refractivity contribution is 6.35.